The maximum absolute atomic E-state index is 13.9. The average molecular weight is 696 g/mol. The van der Waals surface area contributed by atoms with Gasteiger partial charge in [0, 0.05) is 50.3 Å². The van der Waals surface area contributed by atoms with Crippen LogP contribution in [0.25, 0.3) is 10.4 Å². The third-order valence-corrected chi connectivity index (χ3v) is 10.6. The van der Waals surface area contributed by atoms with Crippen LogP contribution in [0.2, 0.25) is 0 Å². The SMILES string of the molecule is CC(C)(C)NC(=O)[C@@H]1CN(Cc2ncc(-c3ccccc3)s2)CCN1C[C@@H](O)C[C@@H](Cc1ccccc1)C(=O)N[C@H]1c2ccccc2C[C@H]1O. The fraction of sp³-hybridized carbons (Fsp3) is 0.425. The van der Waals surface area contributed by atoms with Crippen molar-refractivity contribution >= 4 is 23.2 Å². The molecule has 0 bridgehead atoms. The molecule has 5 atom stereocenters. The van der Waals surface area contributed by atoms with Crippen molar-refractivity contribution in [3.63, 3.8) is 0 Å². The summed E-state index contributed by atoms with van der Waals surface area (Å²) in [4.78, 5) is 37.8. The number of hydrogen-bond acceptors (Lipinski definition) is 8. The number of aliphatic hydroxyl groups is 2. The Kier molecular flexibility index (Phi) is 11.4. The van der Waals surface area contributed by atoms with Crippen molar-refractivity contribution in [1.29, 1.82) is 0 Å². The van der Waals surface area contributed by atoms with Crippen molar-refractivity contribution in [2.45, 2.75) is 76.4 Å². The zero-order valence-corrected chi connectivity index (χ0v) is 30.0. The van der Waals surface area contributed by atoms with Crippen LogP contribution in [0.1, 0.15) is 54.9 Å². The number of nitrogens with zero attached hydrogens (tertiary/aromatic N) is 3. The van der Waals surface area contributed by atoms with Gasteiger partial charge in [-0.05, 0) is 55.9 Å². The molecule has 1 aromatic heterocycles. The lowest BCUT2D eigenvalue weighted by molar-refractivity contribution is -0.132. The van der Waals surface area contributed by atoms with E-state index >= 15 is 0 Å². The number of hydrogen-bond donors (Lipinski definition) is 4. The maximum atomic E-state index is 13.9. The number of nitrogens with one attached hydrogen (secondary N) is 2. The Morgan fingerprint density at radius 2 is 1.68 bits per heavy atom. The number of carbonyl (C=O) groups excluding carboxylic acids is 2. The fourth-order valence-corrected chi connectivity index (χ4v) is 8.09. The number of fused-ring (bicyclic) bond motifs is 1. The summed E-state index contributed by atoms with van der Waals surface area (Å²) in [5.74, 6) is -0.802. The predicted molar refractivity (Wildman–Crippen MR) is 197 cm³/mol. The minimum atomic E-state index is -0.848. The third kappa shape index (κ3) is 9.24. The Hall–Kier alpha value is -3.93. The number of carbonyl (C=O) groups is 2. The summed E-state index contributed by atoms with van der Waals surface area (Å²) in [5, 5.41) is 29.7. The molecule has 2 aliphatic rings. The average Bonchev–Trinajstić information content (AvgIpc) is 3.69. The molecule has 0 spiro atoms. The van der Waals surface area contributed by atoms with Crippen molar-refractivity contribution in [3.8, 4) is 10.4 Å². The molecule has 1 fully saturated rings. The highest BCUT2D eigenvalue weighted by atomic mass is 32.1. The quantitative estimate of drug-likeness (QED) is 0.171. The summed E-state index contributed by atoms with van der Waals surface area (Å²) < 4.78 is 0. The Morgan fingerprint density at radius 1 is 0.980 bits per heavy atom. The van der Waals surface area contributed by atoms with Crippen molar-refractivity contribution in [3.05, 3.63) is 113 Å². The molecule has 1 aliphatic heterocycles. The van der Waals surface area contributed by atoms with E-state index < -0.39 is 35.7 Å². The maximum Gasteiger partial charge on any atom is 0.239 e. The lowest BCUT2D eigenvalue weighted by Gasteiger charge is -2.42. The van der Waals surface area contributed by atoms with Crippen LogP contribution in [-0.2, 0) is 29.0 Å². The van der Waals surface area contributed by atoms with E-state index in [1.807, 2.05) is 99.8 Å². The molecule has 4 N–H and O–H groups in total. The van der Waals surface area contributed by atoms with Crippen LogP contribution in [0.4, 0.5) is 0 Å². The molecule has 50 heavy (non-hydrogen) atoms. The molecule has 2 amide bonds. The van der Waals surface area contributed by atoms with Gasteiger partial charge in [0.2, 0.25) is 11.8 Å². The standard InChI is InChI=1S/C40H49N5O4S/c1-40(2,3)43-39(49)33-25-44(26-36-41-23-35(50-36)28-14-8-5-9-15-28)18-19-45(33)24-31(46)21-30(20-27-12-6-4-7-13-27)38(48)42-37-32-17-11-10-16-29(32)22-34(37)47/h4-17,23,30-31,33-34,37,46-47H,18-22,24-26H2,1-3H3,(H,42,48)(H,43,49)/t30-,31+,33+,34-,37+/m1/s1. The van der Waals surface area contributed by atoms with Crippen molar-refractivity contribution in [2.75, 3.05) is 26.2 Å². The topological polar surface area (TPSA) is 118 Å². The number of benzene rings is 3. The third-order valence-electron chi connectivity index (χ3n) is 9.55. The van der Waals surface area contributed by atoms with Crippen LogP contribution in [0, 0.1) is 5.92 Å². The zero-order valence-electron chi connectivity index (χ0n) is 29.2. The van der Waals surface area contributed by atoms with E-state index in [9.17, 15) is 19.8 Å². The van der Waals surface area contributed by atoms with Crippen molar-refractivity contribution in [1.82, 2.24) is 25.4 Å². The normalized spacial score (nSPS) is 20.9. The van der Waals surface area contributed by atoms with Gasteiger partial charge in [-0.15, -0.1) is 11.3 Å². The number of β-amino-alcohol motifs (C(OH)–C–C–N with tert-alkyl or cyclic N) is 1. The van der Waals surface area contributed by atoms with Gasteiger partial charge in [-0.2, -0.15) is 0 Å². The molecule has 3 aromatic carbocycles. The van der Waals surface area contributed by atoms with E-state index in [1.165, 1.54) is 0 Å². The number of rotatable bonds is 12. The van der Waals surface area contributed by atoms with E-state index in [1.54, 1.807) is 11.3 Å². The highest BCUT2D eigenvalue weighted by molar-refractivity contribution is 7.15. The van der Waals surface area contributed by atoms with Crippen LogP contribution < -0.4 is 10.6 Å². The largest absolute Gasteiger partial charge is 0.392 e. The molecule has 0 saturated carbocycles. The molecule has 1 aliphatic carbocycles. The van der Waals surface area contributed by atoms with Gasteiger partial charge in [-0.1, -0.05) is 84.9 Å². The molecular formula is C40H49N5O4S. The monoisotopic (exact) mass is 695 g/mol. The van der Waals surface area contributed by atoms with Crippen LogP contribution in [0.3, 0.4) is 0 Å². The van der Waals surface area contributed by atoms with Crippen molar-refractivity contribution in [2.24, 2.45) is 5.92 Å². The molecular weight excluding hydrogens is 647 g/mol. The highest BCUT2D eigenvalue weighted by Gasteiger charge is 2.37. The van der Waals surface area contributed by atoms with Gasteiger partial charge >= 0.3 is 0 Å². The molecule has 6 rings (SSSR count). The van der Waals surface area contributed by atoms with Gasteiger partial charge < -0.3 is 20.8 Å². The van der Waals surface area contributed by atoms with Crippen LogP contribution in [0.15, 0.2) is 91.1 Å². The number of aliphatic hydroxyl groups excluding tert-OH is 2. The molecule has 10 heteroatoms. The van der Waals surface area contributed by atoms with Gasteiger partial charge in [0.15, 0.2) is 0 Å². The van der Waals surface area contributed by atoms with Crippen LogP contribution >= 0.6 is 11.3 Å². The fourth-order valence-electron chi connectivity index (χ4n) is 7.13. The highest BCUT2D eigenvalue weighted by Crippen LogP contribution is 2.32. The van der Waals surface area contributed by atoms with E-state index in [0.717, 1.165) is 38.7 Å². The number of thiazole rings is 1. The smallest absolute Gasteiger partial charge is 0.239 e. The molecule has 264 valence electrons. The lowest BCUT2D eigenvalue weighted by Crippen LogP contribution is -2.61. The van der Waals surface area contributed by atoms with E-state index in [4.69, 9.17) is 0 Å². The summed E-state index contributed by atoms with van der Waals surface area (Å²) >= 11 is 1.67. The number of piperazine rings is 1. The molecule has 0 radical (unpaired) electrons. The Morgan fingerprint density at radius 3 is 2.42 bits per heavy atom. The summed E-state index contributed by atoms with van der Waals surface area (Å²) in [5.41, 5.74) is 3.70. The van der Waals surface area contributed by atoms with Gasteiger partial charge in [0.1, 0.15) is 11.0 Å². The first kappa shape index (κ1) is 35.9. The first-order valence-electron chi connectivity index (χ1n) is 17.6. The minimum Gasteiger partial charge on any atom is -0.392 e. The molecule has 0 unspecified atom stereocenters. The Bertz CT molecular complexity index is 1730. The van der Waals surface area contributed by atoms with E-state index in [-0.39, 0.29) is 24.8 Å². The molecule has 2 heterocycles. The lowest BCUT2D eigenvalue weighted by atomic mass is 9.91. The summed E-state index contributed by atoms with van der Waals surface area (Å²) in [6.07, 6.45) is 1.54. The van der Waals surface area contributed by atoms with Gasteiger partial charge in [0.25, 0.3) is 0 Å². The van der Waals surface area contributed by atoms with Crippen LogP contribution in [0.5, 0.6) is 0 Å². The zero-order chi connectivity index (χ0) is 35.3. The number of aromatic nitrogens is 1. The second kappa shape index (κ2) is 16.0. The first-order chi connectivity index (χ1) is 24.0. The molecule has 4 aromatic rings. The summed E-state index contributed by atoms with van der Waals surface area (Å²) in [6, 6.07) is 26.9. The van der Waals surface area contributed by atoms with Crippen molar-refractivity contribution < 1.29 is 19.8 Å². The van der Waals surface area contributed by atoms with Gasteiger partial charge in [-0.3, -0.25) is 19.4 Å². The minimum absolute atomic E-state index is 0.0778. The Labute approximate surface area is 299 Å². The first-order valence-corrected chi connectivity index (χ1v) is 18.4. The molecule has 9 nitrogen and oxygen atoms in total. The van der Waals surface area contributed by atoms with Gasteiger partial charge in [-0.25, -0.2) is 4.98 Å². The van der Waals surface area contributed by atoms with Crippen LogP contribution in [-0.4, -0.2) is 86.8 Å². The van der Waals surface area contributed by atoms with E-state index in [0.29, 0.717) is 32.5 Å². The van der Waals surface area contributed by atoms with Gasteiger partial charge in [0.05, 0.1) is 29.7 Å². The Balaban J connectivity index is 1.14. The summed E-state index contributed by atoms with van der Waals surface area (Å²) in [7, 11) is 0. The number of amides is 2. The van der Waals surface area contributed by atoms with E-state index in [2.05, 4.69) is 37.6 Å². The molecule has 1 saturated heterocycles. The second-order valence-corrected chi connectivity index (χ2v) is 15.8. The summed E-state index contributed by atoms with van der Waals surface area (Å²) in [6.45, 7) is 8.63. The predicted octanol–water partition coefficient (Wildman–Crippen LogP) is 4.60. The second-order valence-electron chi connectivity index (χ2n) is 14.7.